The number of imide groups is 1. The summed E-state index contributed by atoms with van der Waals surface area (Å²) >= 11 is 0. The van der Waals surface area contributed by atoms with Gasteiger partial charge < -0.3 is 14.4 Å². The van der Waals surface area contributed by atoms with E-state index in [4.69, 9.17) is 9.47 Å². The minimum atomic E-state index is -0.234. The monoisotopic (exact) mass is 414 g/mol. The smallest absolute Gasteiger partial charge is 0.277 e. The summed E-state index contributed by atoms with van der Waals surface area (Å²) < 4.78 is 11.3. The van der Waals surface area contributed by atoms with Crippen LogP contribution < -0.4 is 4.74 Å². The zero-order valence-electron chi connectivity index (χ0n) is 18.6. The second kappa shape index (κ2) is 10.1. The number of piperidine rings is 1. The summed E-state index contributed by atoms with van der Waals surface area (Å²) in [6, 6.07) is 7.51. The van der Waals surface area contributed by atoms with E-state index in [2.05, 4.69) is 18.7 Å². The lowest BCUT2D eigenvalue weighted by Crippen LogP contribution is -2.40. The van der Waals surface area contributed by atoms with E-state index < -0.39 is 0 Å². The number of carbonyl (C=O) groups excluding carboxylic acids is 2. The molecule has 164 valence electrons. The maximum Gasteiger partial charge on any atom is 0.277 e. The molecule has 6 heteroatoms. The molecule has 0 bridgehead atoms. The van der Waals surface area contributed by atoms with Gasteiger partial charge in [-0.3, -0.25) is 14.5 Å². The molecule has 3 rings (SSSR count). The Morgan fingerprint density at radius 3 is 2.47 bits per heavy atom. The van der Waals surface area contributed by atoms with Crippen LogP contribution in [0.2, 0.25) is 0 Å². The van der Waals surface area contributed by atoms with Crippen molar-refractivity contribution in [2.24, 2.45) is 5.92 Å². The van der Waals surface area contributed by atoms with Crippen molar-refractivity contribution >= 4 is 17.4 Å². The number of ether oxygens (including phenoxy) is 2. The molecule has 1 aromatic rings. The lowest BCUT2D eigenvalue weighted by molar-refractivity contribution is -0.138. The fourth-order valence-corrected chi connectivity index (χ4v) is 4.03. The number of carbonyl (C=O) groups is 2. The van der Waals surface area contributed by atoms with Gasteiger partial charge in [-0.15, -0.1) is 0 Å². The third-order valence-electron chi connectivity index (χ3n) is 5.50. The maximum absolute atomic E-state index is 13.3. The highest BCUT2D eigenvalue weighted by molar-refractivity contribution is 6.35. The predicted octanol–water partition coefficient (Wildman–Crippen LogP) is 3.71. The molecule has 0 aliphatic carbocycles. The summed E-state index contributed by atoms with van der Waals surface area (Å²) in [6.07, 6.45) is 3.17. The first kappa shape index (κ1) is 22.3. The fourth-order valence-electron chi connectivity index (χ4n) is 4.03. The largest absolute Gasteiger partial charge is 0.494 e. The van der Waals surface area contributed by atoms with E-state index in [0.717, 1.165) is 43.7 Å². The van der Waals surface area contributed by atoms with Crippen LogP contribution >= 0.6 is 0 Å². The van der Waals surface area contributed by atoms with Gasteiger partial charge in [0.2, 0.25) is 0 Å². The zero-order chi connectivity index (χ0) is 21.7. The fraction of sp³-hybridized carbons (Fsp3) is 0.583. The topological polar surface area (TPSA) is 59.1 Å². The summed E-state index contributed by atoms with van der Waals surface area (Å²) in [6.45, 7) is 11.0. The van der Waals surface area contributed by atoms with E-state index in [-0.39, 0.29) is 24.5 Å². The van der Waals surface area contributed by atoms with Crippen molar-refractivity contribution in [2.45, 2.75) is 53.1 Å². The van der Waals surface area contributed by atoms with Crippen molar-refractivity contribution in [3.63, 3.8) is 0 Å². The van der Waals surface area contributed by atoms with Gasteiger partial charge in [0.05, 0.1) is 31.4 Å². The molecule has 0 spiro atoms. The lowest BCUT2D eigenvalue weighted by atomic mass is 9.97. The molecule has 1 saturated heterocycles. The molecule has 0 N–H and O–H groups in total. The van der Waals surface area contributed by atoms with Gasteiger partial charge in [0.25, 0.3) is 11.8 Å². The molecule has 0 aromatic heterocycles. The van der Waals surface area contributed by atoms with Gasteiger partial charge >= 0.3 is 0 Å². The van der Waals surface area contributed by atoms with Gasteiger partial charge in [-0.2, -0.15) is 0 Å². The molecular weight excluding hydrogens is 380 g/mol. The van der Waals surface area contributed by atoms with Gasteiger partial charge in [-0.25, -0.2) is 0 Å². The summed E-state index contributed by atoms with van der Waals surface area (Å²) in [5.74, 6) is 0.831. The predicted molar refractivity (Wildman–Crippen MR) is 117 cm³/mol. The highest BCUT2D eigenvalue weighted by atomic mass is 16.5. The van der Waals surface area contributed by atoms with E-state index in [1.54, 1.807) is 0 Å². The number of benzene rings is 1. The van der Waals surface area contributed by atoms with Crippen molar-refractivity contribution < 1.29 is 19.1 Å². The van der Waals surface area contributed by atoms with E-state index in [1.807, 2.05) is 38.1 Å². The summed E-state index contributed by atoms with van der Waals surface area (Å²) in [5, 5.41) is 0. The average Bonchev–Trinajstić information content (AvgIpc) is 2.97. The second-order valence-corrected chi connectivity index (χ2v) is 8.47. The average molecular weight is 415 g/mol. The van der Waals surface area contributed by atoms with Gasteiger partial charge in [-0.1, -0.05) is 26.0 Å². The molecule has 2 amide bonds. The quantitative estimate of drug-likeness (QED) is 0.577. The first-order chi connectivity index (χ1) is 14.4. The SMILES string of the molecule is CCCOc1ccc(C2=C(N3CCCC(C)C3)C(=O)N(CCOC(C)C)C2=O)cc1. The first-order valence-electron chi connectivity index (χ1n) is 11.1. The molecule has 0 saturated carbocycles. The van der Waals surface area contributed by atoms with E-state index in [0.29, 0.717) is 30.4 Å². The third-order valence-corrected chi connectivity index (χ3v) is 5.50. The summed E-state index contributed by atoms with van der Waals surface area (Å²) in [4.78, 5) is 30.1. The number of likely N-dealkylation sites (tertiary alicyclic amines) is 1. The van der Waals surface area contributed by atoms with Crippen molar-refractivity contribution in [1.82, 2.24) is 9.80 Å². The molecule has 1 aromatic carbocycles. The van der Waals surface area contributed by atoms with Gasteiger partial charge in [0.1, 0.15) is 11.4 Å². The Balaban J connectivity index is 1.90. The Morgan fingerprint density at radius 2 is 1.83 bits per heavy atom. The molecule has 2 heterocycles. The number of nitrogens with zero attached hydrogens (tertiary/aromatic N) is 2. The Labute approximate surface area is 179 Å². The summed E-state index contributed by atoms with van der Waals surface area (Å²) in [7, 11) is 0. The van der Waals surface area contributed by atoms with Crippen LogP contribution in [-0.4, -0.2) is 60.6 Å². The highest BCUT2D eigenvalue weighted by Gasteiger charge is 2.42. The first-order valence-corrected chi connectivity index (χ1v) is 11.1. The van der Waals surface area contributed by atoms with E-state index >= 15 is 0 Å². The van der Waals surface area contributed by atoms with Crippen LogP contribution in [0.25, 0.3) is 5.57 Å². The Bertz CT molecular complexity index is 785. The molecule has 2 aliphatic heterocycles. The van der Waals surface area contributed by atoms with Crippen LogP contribution in [0, 0.1) is 5.92 Å². The molecule has 1 atom stereocenters. The standard InChI is InChI=1S/C24H34N2O4/c1-5-14-30-20-10-8-19(9-11-20)21-22(25-12-6-7-18(4)16-25)24(28)26(23(21)27)13-15-29-17(2)3/h8-11,17-18H,5-7,12-16H2,1-4H3. The Kier molecular flexibility index (Phi) is 7.53. The van der Waals surface area contributed by atoms with Crippen molar-refractivity contribution in [1.29, 1.82) is 0 Å². The minimum absolute atomic E-state index is 0.0586. The number of amides is 2. The van der Waals surface area contributed by atoms with Crippen LogP contribution in [0.4, 0.5) is 0 Å². The van der Waals surface area contributed by atoms with Gasteiger partial charge in [0, 0.05) is 13.1 Å². The van der Waals surface area contributed by atoms with Crippen molar-refractivity contribution in [3.05, 3.63) is 35.5 Å². The number of hydrogen-bond acceptors (Lipinski definition) is 5. The molecule has 2 aliphatic rings. The lowest BCUT2D eigenvalue weighted by Gasteiger charge is -2.33. The zero-order valence-corrected chi connectivity index (χ0v) is 18.6. The van der Waals surface area contributed by atoms with Gasteiger partial charge in [-0.05, 0) is 56.7 Å². The maximum atomic E-state index is 13.3. The second-order valence-electron chi connectivity index (χ2n) is 8.47. The van der Waals surface area contributed by atoms with Crippen molar-refractivity contribution in [3.8, 4) is 5.75 Å². The van der Waals surface area contributed by atoms with Crippen LogP contribution in [-0.2, 0) is 14.3 Å². The molecule has 1 unspecified atom stereocenters. The third kappa shape index (κ3) is 5.04. The normalized spacial score (nSPS) is 20.0. The molecule has 1 fully saturated rings. The molecule has 0 radical (unpaired) electrons. The van der Waals surface area contributed by atoms with E-state index in [9.17, 15) is 9.59 Å². The van der Waals surface area contributed by atoms with E-state index in [1.165, 1.54) is 4.90 Å². The summed E-state index contributed by atoms with van der Waals surface area (Å²) in [5.41, 5.74) is 1.80. The van der Waals surface area contributed by atoms with Crippen LogP contribution in [0.15, 0.2) is 30.0 Å². The van der Waals surface area contributed by atoms with Crippen molar-refractivity contribution in [2.75, 3.05) is 32.8 Å². The Hall–Kier alpha value is -2.34. The number of rotatable bonds is 9. The molecule has 6 nitrogen and oxygen atoms in total. The Morgan fingerprint density at radius 1 is 1.10 bits per heavy atom. The van der Waals surface area contributed by atoms with Crippen LogP contribution in [0.5, 0.6) is 5.75 Å². The molecule has 30 heavy (non-hydrogen) atoms. The minimum Gasteiger partial charge on any atom is -0.494 e. The number of hydrogen-bond donors (Lipinski definition) is 0. The van der Waals surface area contributed by atoms with Crippen LogP contribution in [0.3, 0.4) is 0 Å². The van der Waals surface area contributed by atoms with Gasteiger partial charge in [0.15, 0.2) is 0 Å². The van der Waals surface area contributed by atoms with Crippen LogP contribution in [0.1, 0.15) is 52.5 Å². The molecular formula is C24H34N2O4. The highest BCUT2D eigenvalue weighted by Crippen LogP contribution is 2.34.